The Labute approximate surface area is 71.8 Å². The molecule has 0 radical (unpaired) electrons. The number of allylic oxidation sites excluding steroid dienone is 1. The summed E-state index contributed by atoms with van der Waals surface area (Å²) in [6, 6.07) is 0. The Kier molecular flexibility index (Phi) is 3.32. The van der Waals surface area contributed by atoms with Gasteiger partial charge in [0.2, 0.25) is 0 Å². The normalized spacial score (nSPS) is 18.5. The zero-order valence-electron chi connectivity index (χ0n) is 7.36. The first-order chi connectivity index (χ1) is 5.79. The summed E-state index contributed by atoms with van der Waals surface area (Å²) >= 11 is 0. The highest BCUT2D eigenvalue weighted by Gasteiger charge is 1.89. The van der Waals surface area contributed by atoms with Crippen molar-refractivity contribution in [3.8, 4) is 0 Å². The Morgan fingerprint density at radius 2 is 2.08 bits per heavy atom. The molecule has 0 spiro atoms. The Balaban J connectivity index is 0.000000120. The summed E-state index contributed by atoms with van der Waals surface area (Å²) in [6.45, 7) is 5.54. The van der Waals surface area contributed by atoms with Crippen molar-refractivity contribution < 1.29 is 0 Å². The molecular formula is C8H12N4. The second kappa shape index (κ2) is 4.54. The average Bonchev–Trinajstić information content (AvgIpc) is 2.63. The molecule has 0 atom stereocenters. The van der Waals surface area contributed by atoms with Crippen LogP contribution in [0.1, 0.15) is 13.8 Å². The van der Waals surface area contributed by atoms with Gasteiger partial charge in [0.25, 0.3) is 0 Å². The molecule has 0 N–H and O–H groups in total. The third kappa shape index (κ3) is 3.18. The molecule has 0 unspecified atom stereocenters. The highest BCUT2D eigenvalue weighted by atomic mass is 15.1. The quantitative estimate of drug-likeness (QED) is 0.528. The van der Waals surface area contributed by atoms with Gasteiger partial charge in [-0.05, 0) is 25.5 Å². The summed E-state index contributed by atoms with van der Waals surface area (Å²) < 4.78 is 0. The van der Waals surface area contributed by atoms with Crippen LogP contribution in [0.25, 0.3) is 0 Å². The molecule has 2 rings (SSSR count). The van der Waals surface area contributed by atoms with Gasteiger partial charge in [-0.15, -0.1) is 0 Å². The average molecular weight is 164 g/mol. The largest absolute Gasteiger partial charge is 0.185 e. The molecule has 64 valence electrons. The molecule has 0 aliphatic carbocycles. The van der Waals surface area contributed by atoms with Gasteiger partial charge >= 0.3 is 0 Å². The van der Waals surface area contributed by atoms with Crippen molar-refractivity contribution in [2.45, 2.75) is 13.8 Å². The van der Waals surface area contributed by atoms with E-state index in [1.807, 2.05) is 19.9 Å². The Hall–Kier alpha value is -1.32. The zero-order chi connectivity index (χ0) is 8.81. The van der Waals surface area contributed by atoms with E-state index in [9.17, 15) is 0 Å². The fraction of sp³-hybridized carbons (Fsp3) is 0.500. The predicted octanol–water partition coefficient (Wildman–Crippen LogP) is 2.71. The molecule has 12 heavy (non-hydrogen) atoms. The van der Waals surface area contributed by atoms with Crippen LogP contribution in [0, 0.1) is 0 Å². The van der Waals surface area contributed by atoms with Crippen molar-refractivity contribution in [2.75, 3.05) is 13.1 Å². The van der Waals surface area contributed by atoms with Crippen LogP contribution in [-0.2, 0) is 0 Å². The number of hydrogen-bond acceptors (Lipinski definition) is 4. The molecule has 0 aromatic rings. The van der Waals surface area contributed by atoms with E-state index in [2.05, 4.69) is 20.5 Å². The summed E-state index contributed by atoms with van der Waals surface area (Å²) in [4.78, 5) is 0. The monoisotopic (exact) mass is 164 g/mol. The molecule has 0 saturated heterocycles. The van der Waals surface area contributed by atoms with E-state index < -0.39 is 0 Å². The van der Waals surface area contributed by atoms with Crippen LogP contribution >= 0.6 is 0 Å². The van der Waals surface area contributed by atoms with Gasteiger partial charge in [-0.3, -0.25) is 0 Å². The van der Waals surface area contributed by atoms with Crippen LogP contribution < -0.4 is 0 Å². The van der Waals surface area contributed by atoms with Crippen molar-refractivity contribution in [3.05, 3.63) is 23.5 Å². The minimum atomic E-state index is 0.784. The Morgan fingerprint density at radius 3 is 2.25 bits per heavy atom. The van der Waals surface area contributed by atoms with Gasteiger partial charge in [-0.25, -0.2) is 0 Å². The Morgan fingerprint density at radius 1 is 1.25 bits per heavy atom. The molecule has 0 fully saturated rings. The van der Waals surface area contributed by atoms with E-state index in [0.29, 0.717) is 0 Å². The molecule has 4 heteroatoms. The van der Waals surface area contributed by atoms with Gasteiger partial charge < -0.3 is 0 Å². The standard InChI is InChI=1S/2C4H6N2/c1-4-2-5-6-3-4;1-4-2-3-5-6-4/h2*2H,3H2,1H3. The second-order valence-corrected chi connectivity index (χ2v) is 2.66. The molecule has 2 aliphatic rings. The lowest BCUT2D eigenvalue weighted by atomic mass is 10.4. The van der Waals surface area contributed by atoms with Gasteiger partial charge in [0.05, 0.1) is 18.8 Å². The van der Waals surface area contributed by atoms with E-state index in [4.69, 9.17) is 0 Å². The van der Waals surface area contributed by atoms with Crippen LogP contribution in [0.3, 0.4) is 0 Å². The van der Waals surface area contributed by atoms with Gasteiger partial charge in [-0.2, -0.15) is 20.5 Å². The SMILES string of the molecule is CC1=CCN=N1.CC1=CN=NC1. The summed E-state index contributed by atoms with van der Waals surface area (Å²) in [5, 5.41) is 14.7. The maximum atomic E-state index is 3.72. The summed E-state index contributed by atoms with van der Waals surface area (Å²) in [5.41, 5.74) is 2.28. The summed E-state index contributed by atoms with van der Waals surface area (Å²) in [6.07, 6.45) is 3.76. The number of hydrogen-bond donors (Lipinski definition) is 0. The van der Waals surface area contributed by atoms with Crippen LogP contribution in [0.4, 0.5) is 0 Å². The van der Waals surface area contributed by atoms with Gasteiger partial charge in [0.15, 0.2) is 0 Å². The number of azo groups is 2. The molecule has 2 heterocycles. The first kappa shape index (κ1) is 8.77. The third-order valence-corrected chi connectivity index (χ3v) is 1.38. The molecule has 0 aromatic heterocycles. The van der Waals surface area contributed by atoms with Crippen molar-refractivity contribution >= 4 is 0 Å². The van der Waals surface area contributed by atoms with E-state index in [-0.39, 0.29) is 0 Å². The van der Waals surface area contributed by atoms with E-state index in [0.717, 1.165) is 18.8 Å². The summed E-state index contributed by atoms with van der Waals surface area (Å²) in [7, 11) is 0. The molecule has 0 bridgehead atoms. The number of nitrogens with zero attached hydrogens (tertiary/aromatic N) is 4. The smallest absolute Gasteiger partial charge is 0.0829 e. The van der Waals surface area contributed by atoms with Crippen molar-refractivity contribution in [2.24, 2.45) is 20.5 Å². The first-order valence-corrected chi connectivity index (χ1v) is 3.85. The van der Waals surface area contributed by atoms with Gasteiger partial charge in [0, 0.05) is 6.20 Å². The maximum absolute atomic E-state index is 3.72. The highest BCUT2D eigenvalue weighted by molar-refractivity contribution is 5.01. The van der Waals surface area contributed by atoms with Crippen LogP contribution in [0.15, 0.2) is 44.0 Å². The Bertz CT molecular complexity index is 257. The minimum absolute atomic E-state index is 0.784. The molecular weight excluding hydrogens is 152 g/mol. The topological polar surface area (TPSA) is 49.4 Å². The van der Waals surface area contributed by atoms with Crippen molar-refractivity contribution in [1.82, 2.24) is 0 Å². The number of rotatable bonds is 0. The maximum Gasteiger partial charge on any atom is 0.0829 e. The van der Waals surface area contributed by atoms with Crippen molar-refractivity contribution in [1.29, 1.82) is 0 Å². The predicted molar refractivity (Wildman–Crippen MR) is 47.0 cm³/mol. The molecule has 0 aromatic carbocycles. The zero-order valence-corrected chi connectivity index (χ0v) is 7.36. The first-order valence-electron chi connectivity index (χ1n) is 3.85. The molecule has 4 nitrogen and oxygen atoms in total. The van der Waals surface area contributed by atoms with Crippen LogP contribution in [0.2, 0.25) is 0 Å². The fourth-order valence-corrected chi connectivity index (χ4v) is 0.699. The lowest BCUT2D eigenvalue weighted by Crippen LogP contribution is -1.70. The third-order valence-electron chi connectivity index (χ3n) is 1.38. The van der Waals surface area contributed by atoms with Crippen LogP contribution in [-0.4, -0.2) is 13.1 Å². The lowest BCUT2D eigenvalue weighted by Gasteiger charge is -1.74. The van der Waals surface area contributed by atoms with Gasteiger partial charge in [0.1, 0.15) is 0 Å². The van der Waals surface area contributed by atoms with E-state index in [1.54, 1.807) is 6.20 Å². The molecule has 0 saturated carbocycles. The second-order valence-electron chi connectivity index (χ2n) is 2.66. The molecule has 2 aliphatic heterocycles. The van der Waals surface area contributed by atoms with Gasteiger partial charge in [-0.1, -0.05) is 0 Å². The van der Waals surface area contributed by atoms with E-state index in [1.165, 1.54) is 5.57 Å². The summed E-state index contributed by atoms with van der Waals surface area (Å²) in [5.74, 6) is 0. The van der Waals surface area contributed by atoms with E-state index >= 15 is 0 Å². The van der Waals surface area contributed by atoms with Crippen molar-refractivity contribution in [3.63, 3.8) is 0 Å². The minimum Gasteiger partial charge on any atom is -0.185 e. The lowest BCUT2D eigenvalue weighted by molar-refractivity contribution is 1.10. The highest BCUT2D eigenvalue weighted by Crippen LogP contribution is 2.01. The molecule has 0 amide bonds. The fourth-order valence-electron chi connectivity index (χ4n) is 0.699. The van der Waals surface area contributed by atoms with Crippen LogP contribution in [0.5, 0.6) is 0 Å².